The van der Waals surface area contributed by atoms with Gasteiger partial charge >= 0.3 is 0 Å². The molecule has 3 heteroatoms. The first-order valence-corrected chi connectivity index (χ1v) is 7.34. The van der Waals surface area contributed by atoms with Crippen molar-refractivity contribution in [2.24, 2.45) is 5.92 Å². The van der Waals surface area contributed by atoms with Gasteiger partial charge in [0.2, 0.25) is 0 Å². The first kappa shape index (κ1) is 13.3. The van der Waals surface area contributed by atoms with Gasteiger partial charge in [-0.1, -0.05) is 19.8 Å². The molecule has 0 aliphatic carbocycles. The molecule has 2 saturated heterocycles. The second-order valence-corrected chi connectivity index (χ2v) is 5.63. The van der Waals surface area contributed by atoms with Crippen molar-refractivity contribution < 1.29 is 4.74 Å². The Morgan fingerprint density at radius 1 is 1.29 bits per heavy atom. The lowest BCUT2D eigenvalue weighted by Crippen LogP contribution is -2.46. The zero-order valence-corrected chi connectivity index (χ0v) is 11.5. The predicted octanol–water partition coefficient (Wildman–Crippen LogP) is 1.88. The summed E-state index contributed by atoms with van der Waals surface area (Å²) in [6.45, 7) is 6.68. The van der Waals surface area contributed by atoms with Crippen molar-refractivity contribution in [1.29, 1.82) is 0 Å². The Kier molecular flexibility index (Phi) is 5.26. The highest BCUT2D eigenvalue weighted by Crippen LogP contribution is 2.24. The predicted molar refractivity (Wildman–Crippen MR) is 71.3 cm³/mol. The lowest BCUT2D eigenvalue weighted by Gasteiger charge is -2.38. The Balaban J connectivity index is 1.86. The van der Waals surface area contributed by atoms with Crippen LogP contribution in [0.5, 0.6) is 0 Å². The molecule has 1 N–H and O–H groups in total. The monoisotopic (exact) mass is 240 g/mol. The maximum atomic E-state index is 5.61. The largest absolute Gasteiger partial charge is 0.379 e. The Hall–Kier alpha value is -0.120. The lowest BCUT2D eigenvalue weighted by atomic mass is 9.95. The molecule has 2 heterocycles. The number of piperidine rings is 1. The van der Waals surface area contributed by atoms with Gasteiger partial charge in [0.05, 0.1) is 13.2 Å². The number of nitrogens with zero attached hydrogens (tertiary/aromatic N) is 1. The van der Waals surface area contributed by atoms with Crippen molar-refractivity contribution in [2.75, 3.05) is 33.4 Å². The molecular weight excluding hydrogens is 212 g/mol. The minimum Gasteiger partial charge on any atom is -0.379 e. The maximum Gasteiger partial charge on any atom is 0.0623 e. The van der Waals surface area contributed by atoms with Crippen molar-refractivity contribution in [3.05, 3.63) is 0 Å². The average molecular weight is 240 g/mol. The summed E-state index contributed by atoms with van der Waals surface area (Å²) >= 11 is 0. The summed E-state index contributed by atoms with van der Waals surface area (Å²) in [6, 6.07) is 1.41. The van der Waals surface area contributed by atoms with Gasteiger partial charge in [0.1, 0.15) is 0 Å². The number of nitrogens with one attached hydrogen (secondary N) is 1. The van der Waals surface area contributed by atoms with Crippen LogP contribution in [0.2, 0.25) is 0 Å². The van der Waals surface area contributed by atoms with E-state index in [0.717, 1.165) is 19.3 Å². The minimum atomic E-state index is 0.569. The molecule has 0 amide bonds. The third-order valence-corrected chi connectivity index (χ3v) is 4.41. The van der Waals surface area contributed by atoms with Gasteiger partial charge in [-0.2, -0.15) is 0 Å². The fraction of sp³-hybridized carbons (Fsp3) is 1.00. The van der Waals surface area contributed by atoms with Crippen LogP contribution in [0.4, 0.5) is 0 Å². The van der Waals surface area contributed by atoms with Crippen LogP contribution >= 0.6 is 0 Å². The SMILES string of the molecule is CCCC1CCCCN1CC1COCC1NC. The van der Waals surface area contributed by atoms with E-state index in [1.54, 1.807) is 0 Å². The highest BCUT2D eigenvalue weighted by atomic mass is 16.5. The van der Waals surface area contributed by atoms with E-state index in [1.165, 1.54) is 45.2 Å². The van der Waals surface area contributed by atoms with E-state index in [-0.39, 0.29) is 0 Å². The molecule has 3 nitrogen and oxygen atoms in total. The molecule has 100 valence electrons. The molecule has 0 saturated carbocycles. The van der Waals surface area contributed by atoms with Crippen LogP contribution in [0.3, 0.4) is 0 Å². The molecule has 2 aliphatic rings. The van der Waals surface area contributed by atoms with E-state index in [2.05, 4.69) is 24.2 Å². The number of likely N-dealkylation sites (N-methyl/N-ethyl adjacent to an activating group) is 1. The third-order valence-electron chi connectivity index (χ3n) is 4.41. The van der Waals surface area contributed by atoms with E-state index >= 15 is 0 Å². The Morgan fingerprint density at radius 3 is 2.94 bits per heavy atom. The highest BCUT2D eigenvalue weighted by Gasteiger charge is 2.31. The minimum absolute atomic E-state index is 0.569. The van der Waals surface area contributed by atoms with Crippen LogP contribution in [0.15, 0.2) is 0 Å². The van der Waals surface area contributed by atoms with Crippen molar-refractivity contribution in [3.8, 4) is 0 Å². The smallest absolute Gasteiger partial charge is 0.0623 e. The lowest BCUT2D eigenvalue weighted by molar-refractivity contribution is 0.106. The number of hydrogen-bond acceptors (Lipinski definition) is 3. The maximum absolute atomic E-state index is 5.61. The van der Waals surface area contributed by atoms with Gasteiger partial charge in [0, 0.05) is 24.5 Å². The molecule has 2 fully saturated rings. The van der Waals surface area contributed by atoms with Crippen LogP contribution in [0, 0.1) is 5.92 Å². The van der Waals surface area contributed by atoms with Gasteiger partial charge in [-0.3, -0.25) is 4.90 Å². The summed E-state index contributed by atoms with van der Waals surface area (Å²) < 4.78 is 5.61. The Labute approximate surface area is 106 Å². The summed E-state index contributed by atoms with van der Waals surface area (Å²) in [5.41, 5.74) is 0. The number of ether oxygens (including phenoxy) is 1. The Bertz CT molecular complexity index is 220. The topological polar surface area (TPSA) is 24.5 Å². The fourth-order valence-corrected chi connectivity index (χ4v) is 3.36. The number of likely N-dealkylation sites (tertiary alicyclic amines) is 1. The molecular formula is C14H28N2O. The van der Waals surface area contributed by atoms with Crippen LogP contribution < -0.4 is 5.32 Å². The molecule has 3 unspecified atom stereocenters. The van der Waals surface area contributed by atoms with E-state index in [9.17, 15) is 0 Å². The summed E-state index contributed by atoms with van der Waals surface area (Å²) in [7, 11) is 2.06. The molecule has 0 spiro atoms. The quantitative estimate of drug-likeness (QED) is 0.794. The third kappa shape index (κ3) is 3.43. The van der Waals surface area contributed by atoms with E-state index in [0.29, 0.717) is 12.0 Å². The normalized spacial score (nSPS) is 35.3. The number of hydrogen-bond donors (Lipinski definition) is 1. The van der Waals surface area contributed by atoms with Gasteiger partial charge in [0.25, 0.3) is 0 Å². The van der Waals surface area contributed by atoms with Crippen LogP contribution in [0.1, 0.15) is 39.0 Å². The van der Waals surface area contributed by atoms with Gasteiger partial charge in [-0.05, 0) is 32.9 Å². The van der Waals surface area contributed by atoms with E-state index in [1.807, 2.05) is 0 Å². The highest BCUT2D eigenvalue weighted by molar-refractivity contribution is 4.86. The van der Waals surface area contributed by atoms with Crippen LogP contribution in [0.25, 0.3) is 0 Å². The second kappa shape index (κ2) is 6.72. The van der Waals surface area contributed by atoms with Crippen molar-refractivity contribution in [1.82, 2.24) is 10.2 Å². The van der Waals surface area contributed by atoms with Crippen LogP contribution in [-0.4, -0.2) is 50.3 Å². The summed E-state index contributed by atoms with van der Waals surface area (Å²) in [4.78, 5) is 2.73. The molecule has 0 radical (unpaired) electrons. The average Bonchev–Trinajstić information content (AvgIpc) is 2.79. The zero-order valence-electron chi connectivity index (χ0n) is 11.5. The molecule has 3 atom stereocenters. The van der Waals surface area contributed by atoms with Crippen LogP contribution in [-0.2, 0) is 4.74 Å². The fourth-order valence-electron chi connectivity index (χ4n) is 3.36. The van der Waals surface area contributed by atoms with Gasteiger partial charge < -0.3 is 10.1 Å². The second-order valence-electron chi connectivity index (χ2n) is 5.63. The summed E-state index contributed by atoms with van der Waals surface area (Å²) in [5, 5.41) is 3.40. The summed E-state index contributed by atoms with van der Waals surface area (Å²) in [5.74, 6) is 0.692. The van der Waals surface area contributed by atoms with E-state index < -0.39 is 0 Å². The molecule has 0 aromatic rings. The van der Waals surface area contributed by atoms with Gasteiger partial charge in [-0.25, -0.2) is 0 Å². The molecule has 0 bridgehead atoms. The van der Waals surface area contributed by atoms with Crippen molar-refractivity contribution >= 4 is 0 Å². The zero-order chi connectivity index (χ0) is 12.1. The van der Waals surface area contributed by atoms with Crippen molar-refractivity contribution in [3.63, 3.8) is 0 Å². The molecule has 0 aromatic carbocycles. The van der Waals surface area contributed by atoms with Crippen molar-refractivity contribution in [2.45, 2.75) is 51.1 Å². The van der Waals surface area contributed by atoms with Gasteiger partial charge in [0.15, 0.2) is 0 Å². The van der Waals surface area contributed by atoms with Gasteiger partial charge in [-0.15, -0.1) is 0 Å². The number of rotatable bonds is 5. The first-order valence-electron chi connectivity index (χ1n) is 7.34. The standard InChI is InChI=1S/C14H28N2O/c1-3-6-13-7-4-5-8-16(13)9-12-10-17-11-14(12)15-2/h12-15H,3-11H2,1-2H3. The Morgan fingerprint density at radius 2 is 2.18 bits per heavy atom. The molecule has 2 rings (SSSR count). The first-order chi connectivity index (χ1) is 8.35. The molecule has 2 aliphatic heterocycles. The summed E-state index contributed by atoms with van der Waals surface area (Å²) in [6.07, 6.45) is 6.91. The molecule has 0 aromatic heterocycles. The molecule has 17 heavy (non-hydrogen) atoms. The van der Waals surface area contributed by atoms with E-state index in [4.69, 9.17) is 4.74 Å².